The fourth-order valence-electron chi connectivity index (χ4n) is 4.16. The third kappa shape index (κ3) is 4.71. The molecule has 1 fully saturated rings. The summed E-state index contributed by atoms with van der Waals surface area (Å²) in [5.41, 5.74) is 3.63. The predicted octanol–water partition coefficient (Wildman–Crippen LogP) is 4.37. The quantitative estimate of drug-likeness (QED) is 0.327. The van der Waals surface area contributed by atoms with Gasteiger partial charge in [0.25, 0.3) is 5.91 Å². The van der Waals surface area contributed by atoms with E-state index in [0.717, 1.165) is 42.7 Å². The van der Waals surface area contributed by atoms with Gasteiger partial charge in [0, 0.05) is 28.9 Å². The van der Waals surface area contributed by atoms with Crippen LogP contribution in [0.3, 0.4) is 0 Å². The van der Waals surface area contributed by atoms with Crippen LogP contribution in [0.25, 0.3) is 22.6 Å². The fraction of sp³-hybridized carbons (Fsp3) is 0.292. The van der Waals surface area contributed by atoms with Gasteiger partial charge in [0.2, 0.25) is 0 Å². The van der Waals surface area contributed by atoms with E-state index in [9.17, 15) is 4.79 Å². The third-order valence-electron chi connectivity index (χ3n) is 6.05. The monoisotopic (exact) mass is 479 g/mol. The van der Waals surface area contributed by atoms with Gasteiger partial charge in [0.1, 0.15) is 11.4 Å². The van der Waals surface area contributed by atoms with Crippen molar-refractivity contribution in [3.05, 3.63) is 53.1 Å². The number of methoxy groups -OCH3 is 1. The largest absolute Gasteiger partial charge is 0.496 e. The van der Waals surface area contributed by atoms with E-state index in [2.05, 4.69) is 42.7 Å². The number of piperidine rings is 1. The SMILES string of the molecule is COc1cc(NC2CCN(C)CC2)ccc1C(=O)Nc1cc(-c2nc3ccc(Cl)cc3[nH]2)[nH]n1. The Labute approximate surface area is 201 Å². The van der Waals surface area contributed by atoms with Crippen molar-refractivity contribution in [2.75, 3.05) is 37.9 Å². The van der Waals surface area contributed by atoms with Crippen LogP contribution in [0.15, 0.2) is 42.5 Å². The molecule has 0 saturated carbocycles. The van der Waals surface area contributed by atoms with Crippen LogP contribution in [0.5, 0.6) is 5.75 Å². The topological polar surface area (TPSA) is 111 Å². The molecule has 5 rings (SSSR count). The summed E-state index contributed by atoms with van der Waals surface area (Å²) in [5, 5.41) is 14.1. The Hall–Kier alpha value is -3.56. The first-order valence-electron chi connectivity index (χ1n) is 11.1. The highest BCUT2D eigenvalue weighted by atomic mass is 35.5. The number of imidazole rings is 1. The number of hydrogen-bond acceptors (Lipinski definition) is 6. The van der Waals surface area contributed by atoms with E-state index in [-0.39, 0.29) is 5.91 Å². The second-order valence-electron chi connectivity index (χ2n) is 8.50. The normalized spacial score (nSPS) is 14.9. The van der Waals surface area contributed by atoms with Crippen molar-refractivity contribution in [1.82, 2.24) is 25.1 Å². The summed E-state index contributed by atoms with van der Waals surface area (Å²) in [6.07, 6.45) is 2.17. The number of likely N-dealkylation sites (tertiary alicyclic amines) is 1. The maximum Gasteiger partial charge on any atom is 0.260 e. The molecule has 0 bridgehead atoms. The smallest absolute Gasteiger partial charge is 0.260 e. The van der Waals surface area contributed by atoms with Crippen LogP contribution in [0.2, 0.25) is 5.02 Å². The second kappa shape index (κ2) is 9.36. The lowest BCUT2D eigenvalue weighted by atomic mass is 10.0. The lowest BCUT2D eigenvalue weighted by molar-refractivity contribution is 0.102. The maximum absolute atomic E-state index is 12.9. The number of ether oxygens (including phenoxy) is 1. The number of fused-ring (bicyclic) bond motifs is 1. The van der Waals surface area contributed by atoms with Crippen molar-refractivity contribution in [3.63, 3.8) is 0 Å². The Kier molecular flexibility index (Phi) is 6.12. The summed E-state index contributed by atoms with van der Waals surface area (Å²) in [4.78, 5) is 23.0. The van der Waals surface area contributed by atoms with Gasteiger partial charge < -0.3 is 25.3 Å². The van der Waals surface area contributed by atoms with Crippen LogP contribution < -0.4 is 15.4 Å². The number of halogens is 1. The molecule has 2 aromatic carbocycles. The molecule has 0 unspecified atom stereocenters. The third-order valence-corrected chi connectivity index (χ3v) is 6.29. The molecule has 176 valence electrons. The molecule has 1 saturated heterocycles. The zero-order chi connectivity index (χ0) is 23.7. The van der Waals surface area contributed by atoms with E-state index in [1.165, 1.54) is 0 Å². The molecule has 10 heteroatoms. The number of anilines is 2. The molecule has 0 aliphatic carbocycles. The van der Waals surface area contributed by atoms with Crippen molar-refractivity contribution >= 4 is 40.0 Å². The summed E-state index contributed by atoms with van der Waals surface area (Å²) in [5.74, 6) is 1.18. The first-order chi connectivity index (χ1) is 16.5. The number of hydrogen-bond donors (Lipinski definition) is 4. The number of benzene rings is 2. The maximum atomic E-state index is 12.9. The minimum absolute atomic E-state index is 0.308. The van der Waals surface area contributed by atoms with Crippen LogP contribution >= 0.6 is 11.6 Å². The highest BCUT2D eigenvalue weighted by Crippen LogP contribution is 2.27. The molecule has 1 aliphatic rings. The average molecular weight is 480 g/mol. The van der Waals surface area contributed by atoms with Gasteiger partial charge >= 0.3 is 0 Å². The molecule has 4 aromatic rings. The molecular weight excluding hydrogens is 454 g/mol. The van der Waals surface area contributed by atoms with Crippen LogP contribution in [0.1, 0.15) is 23.2 Å². The van der Waals surface area contributed by atoms with Crippen molar-refractivity contribution in [2.45, 2.75) is 18.9 Å². The zero-order valence-electron chi connectivity index (χ0n) is 19.0. The van der Waals surface area contributed by atoms with E-state index >= 15 is 0 Å². The summed E-state index contributed by atoms with van der Waals surface area (Å²) >= 11 is 6.05. The number of nitrogens with zero attached hydrogens (tertiary/aromatic N) is 3. The number of H-pyrrole nitrogens is 2. The van der Waals surface area contributed by atoms with E-state index in [1.807, 2.05) is 24.3 Å². The zero-order valence-corrected chi connectivity index (χ0v) is 19.7. The van der Waals surface area contributed by atoms with Crippen LogP contribution in [0, 0.1) is 0 Å². The number of aromatic nitrogens is 4. The summed E-state index contributed by atoms with van der Waals surface area (Å²) in [7, 11) is 3.70. The van der Waals surface area contributed by atoms with Crippen LogP contribution in [-0.2, 0) is 0 Å². The highest BCUT2D eigenvalue weighted by Gasteiger charge is 2.19. The first-order valence-corrected chi connectivity index (χ1v) is 11.5. The van der Waals surface area contributed by atoms with Crippen molar-refractivity contribution in [3.8, 4) is 17.3 Å². The number of carbonyl (C=O) groups excluding carboxylic acids is 1. The number of nitrogens with one attached hydrogen (secondary N) is 4. The molecule has 2 aromatic heterocycles. The van der Waals surface area contributed by atoms with Gasteiger partial charge in [0.15, 0.2) is 11.6 Å². The number of amides is 1. The van der Waals surface area contributed by atoms with E-state index in [4.69, 9.17) is 16.3 Å². The first kappa shape index (κ1) is 22.2. The van der Waals surface area contributed by atoms with Crippen LogP contribution in [0.4, 0.5) is 11.5 Å². The molecule has 4 N–H and O–H groups in total. The number of rotatable bonds is 6. The van der Waals surface area contributed by atoms with Gasteiger partial charge in [-0.25, -0.2) is 4.98 Å². The Bertz CT molecular complexity index is 1320. The molecule has 0 atom stereocenters. The molecule has 1 amide bonds. The number of aromatic amines is 2. The Morgan fingerprint density at radius 3 is 2.79 bits per heavy atom. The van der Waals surface area contributed by atoms with Crippen LogP contribution in [-0.4, -0.2) is 64.3 Å². The van der Waals surface area contributed by atoms with Gasteiger partial charge in [-0.3, -0.25) is 9.89 Å². The lowest BCUT2D eigenvalue weighted by Crippen LogP contribution is -2.36. The van der Waals surface area contributed by atoms with Gasteiger partial charge in [-0.1, -0.05) is 11.6 Å². The lowest BCUT2D eigenvalue weighted by Gasteiger charge is -2.30. The standard InChI is InChI=1S/C24H26ClN7O2/c1-32-9-7-15(8-10-32)26-16-4-5-17(21(12-16)34-2)24(33)29-22-13-20(30-31-22)23-27-18-6-3-14(25)11-19(18)28-23/h3-6,11-13,15,26H,7-10H2,1-2H3,(H,27,28)(H2,29,30,31,33). The second-order valence-corrected chi connectivity index (χ2v) is 8.94. The fourth-order valence-corrected chi connectivity index (χ4v) is 4.33. The minimum atomic E-state index is -0.308. The number of carbonyl (C=O) groups is 1. The van der Waals surface area contributed by atoms with Gasteiger partial charge in [-0.2, -0.15) is 5.10 Å². The molecule has 34 heavy (non-hydrogen) atoms. The van der Waals surface area contributed by atoms with E-state index in [1.54, 1.807) is 25.3 Å². The molecule has 0 spiro atoms. The average Bonchev–Trinajstić information content (AvgIpc) is 3.47. The highest BCUT2D eigenvalue weighted by molar-refractivity contribution is 6.31. The van der Waals surface area contributed by atoms with Crippen molar-refractivity contribution < 1.29 is 9.53 Å². The van der Waals surface area contributed by atoms with E-state index in [0.29, 0.717) is 39.7 Å². The van der Waals surface area contributed by atoms with Gasteiger partial charge in [-0.05, 0) is 63.3 Å². The Morgan fingerprint density at radius 2 is 2.00 bits per heavy atom. The van der Waals surface area contributed by atoms with Crippen molar-refractivity contribution in [1.29, 1.82) is 0 Å². The summed E-state index contributed by atoms with van der Waals surface area (Å²) in [6, 6.07) is 13.1. The Balaban J connectivity index is 1.28. The van der Waals surface area contributed by atoms with Crippen molar-refractivity contribution in [2.24, 2.45) is 0 Å². The molecule has 3 heterocycles. The molecule has 1 aliphatic heterocycles. The van der Waals surface area contributed by atoms with E-state index < -0.39 is 0 Å². The summed E-state index contributed by atoms with van der Waals surface area (Å²) in [6.45, 7) is 2.14. The van der Waals surface area contributed by atoms with Gasteiger partial charge in [0.05, 0.1) is 23.7 Å². The minimum Gasteiger partial charge on any atom is -0.496 e. The predicted molar refractivity (Wildman–Crippen MR) is 134 cm³/mol. The summed E-state index contributed by atoms with van der Waals surface area (Å²) < 4.78 is 5.51. The Morgan fingerprint density at radius 1 is 1.18 bits per heavy atom. The van der Waals surface area contributed by atoms with Gasteiger partial charge in [-0.15, -0.1) is 0 Å². The molecular formula is C24H26ClN7O2. The molecule has 0 radical (unpaired) electrons. The molecule has 9 nitrogen and oxygen atoms in total.